The molecule has 2 rings (SSSR count). The number of rotatable bonds is 5. The van der Waals surface area contributed by atoms with Crippen LogP contribution >= 0.6 is 0 Å². The molecule has 0 radical (unpaired) electrons. The third kappa shape index (κ3) is 3.12. The third-order valence-electron chi connectivity index (χ3n) is 4.41. The molecule has 0 bridgehead atoms. The maximum atomic E-state index is 12.2. The second kappa shape index (κ2) is 6.27. The minimum absolute atomic E-state index is 0.0132. The van der Waals surface area contributed by atoms with Crippen LogP contribution in [0.3, 0.4) is 0 Å². The van der Waals surface area contributed by atoms with Crippen LogP contribution in [0.25, 0.3) is 0 Å². The number of carbonyl (C=O) groups is 1. The second-order valence-corrected chi connectivity index (χ2v) is 5.74. The first-order chi connectivity index (χ1) is 9.57. The lowest BCUT2D eigenvalue weighted by molar-refractivity contribution is 0.0900. The quantitative estimate of drug-likeness (QED) is 0.897. The number of ether oxygens (including phenoxy) is 1. The Hall–Kier alpha value is -1.55. The van der Waals surface area contributed by atoms with Gasteiger partial charge in [-0.1, -0.05) is 12.8 Å². The molecule has 0 unspecified atom stereocenters. The number of methoxy groups -OCH3 is 1. The molecule has 1 aliphatic rings. The fourth-order valence-electron chi connectivity index (χ4n) is 2.90. The number of amides is 1. The Bertz CT molecular complexity index is 448. The van der Waals surface area contributed by atoms with Gasteiger partial charge in [-0.2, -0.15) is 0 Å². The minimum Gasteiger partial charge on any atom is -0.497 e. The predicted molar refractivity (Wildman–Crippen MR) is 80.2 cm³/mol. The molecule has 4 heteroatoms. The Kier molecular flexibility index (Phi) is 4.65. The zero-order valence-corrected chi connectivity index (χ0v) is 12.6. The van der Waals surface area contributed by atoms with Gasteiger partial charge < -0.3 is 15.0 Å². The van der Waals surface area contributed by atoms with E-state index in [-0.39, 0.29) is 11.4 Å². The lowest BCUT2D eigenvalue weighted by atomic mass is 9.96. The summed E-state index contributed by atoms with van der Waals surface area (Å²) >= 11 is 0. The van der Waals surface area contributed by atoms with Crippen LogP contribution in [-0.2, 0) is 0 Å². The SMILES string of the molecule is COc1ccc(C(=O)NCC2(N(C)C)CCCC2)cc1. The maximum Gasteiger partial charge on any atom is 0.251 e. The van der Waals surface area contributed by atoms with Gasteiger partial charge in [0.05, 0.1) is 7.11 Å². The van der Waals surface area contributed by atoms with Crippen LogP contribution < -0.4 is 10.1 Å². The lowest BCUT2D eigenvalue weighted by Crippen LogP contribution is -2.50. The molecule has 1 aromatic carbocycles. The molecule has 1 aliphatic carbocycles. The van der Waals surface area contributed by atoms with Gasteiger partial charge in [-0.3, -0.25) is 4.79 Å². The van der Waals surface area contributed by atoms with Crippen molar-refractivity contribution in [3.63, 3.8) is 0 Å². The van der Waals surface area contributed by atoms with Gasteiger partial charge in [0.1, 0.15) is 5.75 Å². The smallest absolute Gasteiger partial charge is 0.251 e. The summed E-state index contributed by atoms with van der Waals surface area (Å²) in [7, 11) is 5.83. The number of hydrogen-bond acceptors (Lipinski definition) is 3. The van der Waals surface area contributed by atoms with E-state index in [1.54, 1.807) is 19.2 Å². The Morgan fingerprint density at radius 1 is 1.25 bits per heavy atom. The van der Waals surface area contributed by atoms with Crippen molar-refractivity contribution in [1.82, 2.24) is 10.2 Å². The molecule has 0 atom stereocenters. The van der Waals surface area contributed by atoms with E-state index in [4.69, 9.17) is 4.74 Å². The number of nitrogens with one attached hydrogen (secondary N) is 1. The third-order valence-corrected chi connectivity index (χ3v) is 4.41. The highest BCUT2D eigenvalue weighted by molar-refractivity contribution is 5.94. The highest BCUT2D eigenvalue weighted by Crippen LogP contribution is 2.33. The summed E-state index contributed by atoms with van der Waals surface area (Å²) in [6.45, 7) is 0.713. The number of likely N-dealkylation sites (N-methyl/N-ethyl adjacent to an activating group) is 1. The lowest BCUT2D eigenvalue weighted by Gasteiger charge is -2.36. The minimum atomic E-state index is -0.0132. The van der Waals surface area contributed by atoms with E-state index >= 15 is 0 Å². The highest BCUT2D eigenvalue weighted by atomic mass is 16.5. The van der Waals surface area contributed by atoms with E-state index in [2.05, 4.69) is 24.3 Å². The largest absolute Gasteiger partial charge is 0.497 e. The van der Waals surface area contributed by atoms with E-state index in [9.17, 15) is 4.79 Å². The monoisotopic (exact) mass is 276 g/mol. The first-order valence-electron chi connectivity index (χ1n) is 7.17. The first-order valence-corrected chi connectivity index (χ1v) is 7.17. The zero-order valence-electron chi connectivity index (χ0n) is 12.6. The molecule has 1 saturated carbocycles. The van der Waals surface area contributed by atoms with Crippen molar-refractivity contribution >= 4 is 5.91 Å². The normalized spacial score (nSPS) is 17.2. The van der Waals surface area contributed by atoms with Gasteiger partial charge in [-0.15, -0.1) is 0 Å². The molecule has 4 nitrogen and oxygen atoms in total. The molecule has 1 N–H and O–H groups in total. The van der Waals surface area contributed by atoms with Crippen molar-refractivity contribution in [1.29, 1.82) is 0 Å². The topological polar surface area (TPSA) is 41.6 Å². The second-order valence-electron chi connectivity index (χ2n) is 5.74. The van der Waals surface area contributed by atoms with Crippen LogP contribution in [-0.4, -0.2) is 44.1 Å². The molecule has 0 heterocycles. The van der Waals surface area contributed by atoms with E-state index in [1.165, 1.54) is 12.8 Å². The summed E-state index contributed by atoms with van der Waals surface area (Å²) in [6, 6.07) is 7.22. The van der Waals surface area contributed by atoms with Crippen LogP contribution in [0, 0.1) is 0 Å². The molecular formula is C16H24N2O2. The van der Waals surface area contributed by atoms with Crippen LogP contribution in [0.4, 0.5) is 0 Å². The number of benzene rings is 1. The number of carbonyl (C=O) groups excluding carboxylic acids is 1. The average Bonchev–Trinajstić information content (AvgIpc) is 2.95. The summed E-state index contributed by atoms with van der Waals surface area (Å²) in [5.74, 6) is 0.753. The van der Waals surface area contributed by atoms with Crippen molar-refractivity contribution in [2.75, 3.05) is 27.7 Å². The molecule has 0 spiro atoms. The Morgan fingerprint density at radius 2 is 1.85 bits per heavy atom. The van der Waals surface area contributed by atoms with Crippen LogP contribution in [0.1, 0.15) is 36.0 Å². The van der Waals surface area contributed by atoms with Crippen LogP contribution in [0.5, 0.6) is 5.75 Å². The zero-order chi connectivity index (χ0) is 14.6. The van der Waals surface area contributed by atoms with Gasteiger partial charge in [-0.25, -0.2) is 0 Å². The summed E-state index contributed by atoms with van der Waals surface area (Å²) in [5, 5.41) is 3.08. The first kappa shape index (κ1) is 14.9. The fourth-order valence-corrected chi connectivity index (χ4v) is 2.90. The van der Waals surface area contributed by atoms with Gasteiger partial charge in [0, 0.05) is 17.6 Å². The molecular weight excluding hydrogens is 252 g/mol. The Balaban J connectivity index is 1.97. The maximum absolute atomic E-state index is 12.2. The molecule has 0 aliphatic heterocycles. The van der Waals surface area contributed by atoms with Gasteiger partial charge in [0.25, 0.3) is 5.91 Å². The predicted octanol–water partition coefficient (Wildman–Crippen LogP) is 2.30. The van der Waals surface area contributed by atoms with Gasteiger partial charge in [-0.05, 0) is 51.2 Å². The van der Waals surface area contributed by atoms with E-state index in [1.807, 2.05) is 12.1 Å². The molecule has 1 aromatic rings. The summed E-state index contributed by atoms with van der Waals surface area (Å²) in [5.41, 5.74) is 0.806. The number of hydrogen-bond donors (Lipinski definition) is 1. The molecule has 0 aromatic heterocycles. The molecule has 1 amide bonds. The van der Waals surface area contributed by atoms with Gasteiger partial charge >= 0.3 is 0 Å². The van der Waals surface area contributed by atoms with Gasteiger partial charge in [0.15, 0.2) is 0 Å². The van der Waals surface area contributed by atoms with E-state index in [0.29, 0.717) is 12.1 Å². The van der Waals surface area contributed by atoms with Crippen molar-refractivity contribution < 1.29 is 9.53 Å². The van der Waals surface area contributed by atoms with Crippen LogP contribution in [0.2, 0.25) is 0 Å². The molecule has 20 heavy (non-hydrogen) atoms. The standard InChI is InChI=1S/C16H24N2O2/c1-18(2)16(10-4-5-11-16)12-17-15(19)13-6-8-14(20-3)9-7-13/h6-9H,4-5,10-12H2,1-3H3,(H,17,19). The van der Waals surface area contributed by atoms with E-state index in [0.717, 1.165) is 18.6 Å². The average molecular weight is 276 g/mol. The van der Waals surface area contributed by atoms with Crippen molar-refractivity contribution in [2.24, 2.45) is 0 Å². The van der Waals surface area contributed by atoms with Crippen molar-refractivity contribution in [3.05, 3.63) is 29.8 Å². The fraction of sp³-hybridized carbons (Fsp3) is 0.562. The summed E-state index contributed by atoms with van der Waals surface area (Å²) < 4.78 is 5.10. The summed E-state index contributed by atoms with van der Waals surface area (Å²) in [4.78, 5) is 14.5. The molecule has 0 saturated heterocycles. The highest BCUT2D eigenvalue weighted by Gasteiger charge is 2.36. The number of nitrogens with zero attached hydrogens (tertiary/aromatic N) is 1. The Morgan fingerprint density at radius 3 is 2.35 bits per heavy atom. The van der Waals surface area contributed by atoms with E-state index < -0.39 is 0 Å². The van der Waals surface area contributed by atoms with Crippen LogP contribution in [0.15, 0.2) is 24.3 Å². The summed E-state index contributed by atoms with van der Waals surface area (Å²) in [6.07, 6.45) is 4.80. The van der Waals surface area contributed by atoms with Crippen molar-refractivity contribution in [2.45, 2.75) is 31.2 Å². The van der Waals surface area contributed by atoms with Crippen molar-refractivity contribution in [3.8, 4) is 5.75 Å². The van der Waals surface area contributed by atoms with Gasteiger partial charge in [0.2, 0.25) is 0 Å². The molecule has 110 valence electrons. The Labute approximate surface area is 121 Å². The molecule has 1 fully saturated rings.